The molecule has 2 aliphatic heterocycles. The van der Waals surface area contributed by atoms with Crippen LogP contribution < -0.4 is 24.3 Å². The molecule has 0 atom stereocenters. The van der Waals surface area contributed by atoms with E-state index in [4.69, 9.17) is 30.5 Å². The number of piperidine rings is 1. The highest BCUT2D eigenvalue weighted by atomic mass is 35.5. The molecule has 2 N–H and O–H groups in total. The van der Waals surface area contributed by atoms with Crippen LogP contribution >= 0.6 is 11.6 Å². The SMILES string of the molecule is Cc1c(COc2cc(OCc3cccc(C#N)c3)c(CNC3(C(=O)O)CCN(C)CC3)cc2Cl)cccc1-c1ccc2c(c1)OCCO2. The minimum Gasteiger partial charge on any atom is -0.488 e. The number of rotatable bonds is 11. The summed E-state index contributed by atoms with van der Waals surface area (Å²) in [6.07, 6.45) is 0.963. The van der Waals surface area contributed by atoms with E-state index in [1.807, 2.05) is 49.5 Å². The topological polar surface area (TPSA) is 113 Å². The summed E-state index contributed by atoms with van der Waals surface area (Å²) in [6, 6.07) is 25.0. The summed E-state index contributed by atoms with van der Waals surface area (Å²) < 4.78 is 24.1. The van der Waals surface area contributed by atoms with Gasteiger partial charge in [0.1, 0.15) is 43.5 Å². The Morgan fingerprint density at radius 2 is 1.71 bits per heavy atom. The average Bonchev–Trinajstić information content (AvgIpc) is 3.10. The number of halogens is 1. The van der Waals surface area contributed by atoms with Crippen LogP contribution in [-0.2, 0) is 24.6 Å². The number of likely N-dealkylation sites (tertiary alicyclic amines) is 1. The summed E-state index contributed by atoms with van der Waals surface area (Å²) in [5.74, 6) is 1.57. The number of aliphatic carboxylic acids is 1. The molecule has 0 unspecified atom stereocenters. The molecule has 0 radical (unpaired) electrons. The Labute approximate surface area is 285 Å². The molecule has 0 saturated carbocycles. The zero-order valence-corrected chi connectivity index (χ0v) is 27.8. The lowest BCUT2D eigenvalue weighted by molar-refractivity contribution is -0.147. The maximum Gasteiger partial charge on any atom is 0.324 e. The van der Waals surface area contributed by atoms with Crippen molar-refractivity contribution in [2.75, 3.05) is 33.4 Å². The fraction of sp³-hybridized carbons (Fsp3) is 0.316. The van der Waals surface area contributed by atoms with Crippen LogP contribution in [0.3, 0.4) is 0 Å². The molecule has 248 valence electrons. The predicted octanol–water partition coefficient (Wildman–Crippen LogP) is 6.75. The van der Waals surface area contributed by atoms with Crippen molar-refractivity contribution < 1.29 is 28.8 Å². The minimum absolute atomic E-state index is 0.204. The third-order valence-electron chi connectivity index (χ3n) is 9.11. The lowest BCUT2D eigenvalue weighted by Gasteiger charge is -2.38. The molecule has 2 heterocycles. The molecule has 2 aliphatic rings. The van der Waals surface area contributed by atoms with Gasteiger partial charge >= 0.3 is 5.97 Å². The summed E-state index contributed by atoms with van der Waals surface area (Å²) in [5.41, 5.74) is 5.17. The number of nitriles is 1. The summed E-state index contributed by atoms with van der Waals surface area (Å²) in [6.45, 7) is 5.19. The van der Waals surface area contributed by atoms with Crippen molar-refractivity contribution in [3.63, 3.8) is 0 Å². The Balaban J connectivity index is 1.24. The van der Waals surface area contributed by atoms with Gasteiger partial charge in [-0.05, 0) is 85.0 Å². The highest BCUT2D eigenvalue weighted by molar-refractivity contribution is 6.32. The van der Waals surface area contributed by atoms with Gasteiger partial charge in [-0.1, -0.05) is 48.0 Å². The fourth-order valence-electron chi connectivity index (χ4n) is 6.10. The maximum atomic E-state index is 12.4. The lowest BCUT2D eigenvalue weighted by Crippen LogP contribution is -2.57. The van der Waals surface area contributed by atoms with E-state index in [9.17, 15) is 15.2 Å². The van der Waals surface area contributed by atoms with E-state index < -0.39 is 11.5 Å². The largest absolute Gasteiger partial charge is 0.488 e. The van der Waals surface area contributed by atoms with Gasteiger partial charge in [-0.3, -0.25) is 10.1 Å². The Bertz CT molecular complexity index is 1850. The van der Waals surface area contributed by atoms with Gasteiger partial charge in [0.15, 0.2) is 11.5 Å². The van der Waals surface area contributed by atoms with Gasteiger partial charge < -0.3 is 29.0 Å². The van der Waals surface area contributed by atoms with Gasteiger partial charge in [0.05, 0.1) is 16.7 Å². The number of nitrogens with zero attached hydrogens (tertiary/aromatic N) is 2. The highest BCUT2D eigenvalue weighted by Gasteiger charge is 2.40. The molecule has 0 aliphatic carbocycles. The van der Waals surface area contributed by atoms with Crippen LogP contribution in [0.4, 0.5) is 0 Å². The first kappa shape index (κ1) is 33.2. The monoisotopic (exact) mass is 667 g/mol. The second-order valence-electron chi connectivity index (χ2n) is 12.3. The van der Waals surface area contributed by atoms with E-state index in [0.717, 1.165) is 39.3 Å². The number of ether oxygens (including phenoxy) is 4. The zero-order chi connectivity index (χ0) is 33.7. The lowest BCUT2D eigenvalue weighted by atomic mass is 9.87. The fourth-order valence-corrected chi connectivity index (χ4v) is 6.34. The molecule has 9 nitrogen and oxygen atoms in total. The van der Waals surface area contributed by atoms with Crippen LogP contribution in [0.5, 0.6) is 23.0 Å². The van der Waals surface area contributed by atoms with Crippen LogP contribution in [0.2, 0.25) is 5.02 Å². The third-order valence-corrected chi connectivity index (χ3v) is 9.41. The van der Waals surface area contributed by atoms with E-state index in [-0.39, 0.29) is 19.8 Å². The van der Waals surface area contributed by atoms with Crippen LogP contribution in [0.15, 0.2) is 72.8 Å². The molecule has 0 amide bonds. The molecule has 1 saturated heterocycles. The van der Waals surface area contributed by atoms with Crippen LogP contribution in [0, 0.1) is 18.3 Å². The Hall–Kier alpha value is -4.75. The van der Waals surface area contributed by atoms with E-state index in [2.05, 4.69) is 29.3 Å². The van der Waals surface area contributed by atoms with Crippen molar-refractivity contribution in [3.05, 3.63) is 106 Å². The van der Waals surface area contributed by atoms with Gasteiger partial charge in [0.25, 0.3) is 0 Å². The van der Waals surface area contributed by atoms with Gasteiger partial charge in [-0.25, -0.2) is 0 Å². The van der Waals surface area contributed by atoms with E-state index in [1.54, 1.807) is 24.3 Å². The smallest absolute Gasteiger partial charge is 0.324 e. The molecule has 4 aromatic carbocycles. The summed E-state index contributed by atoms with van der Waals surface area (Å²) in [4.78, 5) is 14.5. The van der Waals surface area contributed by atoms with Crippen molar-refractivity contribution in [1.29, 1.82) is 5.26 Å². The van der Waals surface area contributed by atoms with Crippen LogP contribution in [0.1, 0.15) is 40.7 Å². The number of carboxylic acids is 1. The number of nitrogens with one attached hydrogen (secondary N) is 1. The zero-order valence-electron chi connectivity index (χ0n) is 27.1. The number of fused-ring (bicyclic) bond motifs is 1. The third kappa shape index (κ3) is 7.37. The van der Waals surface area contributed by atoms with E-state index in [0.29, 0.717) is 66.8 Å². The molecule has 0 aromatic heterocycles. The average molecular weight is 668 g/mol. The van der Waals surface area contributed by atoms with Crippen molar-refractivity contribution in [3.8, 4) is 40.2 Å². The van der Waals surface area contributed by atoms with Gasteiger partial charge in [-0.15, -0.1) is 0 Å². The van der Waals surface area contributed by atoms with Crippen molar-refractivity contribution in [2.24, 2.45) is 0 Å². The first-order valence-electron chi connectivity index (χ1n) is 16.0. The summed E-state index contributed by atoms with van der Waals surface area (Å²) in [5, 5.41) is 23.2. The molecule has 1 fully saturated rings. The Kier molecular flexibility index (Phi) is 10.1. The van der Waals surface area contributed by atoms with Crippen LogP contribution in [-0.4, -0.2) is 54.9 Å². The number of hydrogen-bond acceptors (Lipinski definition) is 8. The first-order valence-corrected chi connectivity index (χ1v) is 16.3. The predicted molar refractivity (Wildman–Crippen MR) is 183 cm³/mol. The number of hydrogen-bond donors (Lipinski definition) is 2. The number of carboxylic acid groups (broad SMARTS) is 1. The molecular weight excluding hydrogens is 630 g/mol. The number of carbonyl (C=O) groups is 1. The van der Waals surface area contributed by atoms with Crippen LogP contribution in [0.25, 0.3) is 11.1 Å². The minimum atomic E-state index is -1.05. The van der Waals surface area contributed by atoms with Crippen molar-refractivity contribution in [2.45, 2.75) is 45.1 Å². The van der Waals surface area contributed by atoms with Gasteiger partial charge in [-0.2, -0.15) is 5.26 Å². The molecule has 0 spiro atoms. The first-order chi connectivity index (χ1) is 23.2. The highest BCUT2D eigenvalue weighted by Crippen LogP contribution is 2.38. The Morgan fingerprint density at radius 3 is 2.48 bits per heavy atom. The molecule has 6 rings (SSSR count). The molecular formula is C38H38ClN3O6. The second-order valence-corrected chi connectivity index (χ2v) is 12.7. The quantitative estimate of drug-likeness (QED) is 0.179. The van der Waals surface area contributed by atoms with Gasteiger partial charge in [0.2, 0.25) is 0 Å². The molecule has 4 aromatic rings. The van der Waals surface area contributed by atoms with Gasteiger partial charge in [0, 0.05) is 31.3 Å². The summed E-state index contributed by atoms with van der Waals surface area (Å²) >= 11 is 6.80. The standard InChI is InChI=1S/C38H38ClN3O6/c1-25-29(7-4-8-31(25)28-9-10-33-36(19-28)46-16-15-45-33)24-48-35-20-34(47-23-27-6-3-5-26(17-27)21-40)30(18-32(35)39)22-41-38(37(43)44)11-13-42(2)14-12-38/h3-10,17-20,41H,11-16,22-24H2,1-2H3,(H,43,44). The maximum absolute atomic E-state index is 12.4. The van der Waals surface area contributed by atoms with E-state index in [1.165, 1.54) is 0 Å². The van der Waals surface area contributed by atoms with E-state index >= 15 is 0 Å². The molecule has 48 heavy (non-hydrogen) atoms. The summed E-state index contributed by atoms with van der Waals surface area (Å²) in [7, 11) is 1.99. The van der Waals surface area contributed by atoms with Crippen molar-refractivity contribution in [1.82, 2.24) is 10.2 Å². The van der Waals surface area contributed by atoms with Crippen molar-refractivity contribution >= 4 is 17.6 Å². The Morgan fingerprint density at radius 1 is 0.958 bits per heavy atom. The second kappa shape index (κ2) is 14.6. The normalized spacial score (nSPS) is 15.4. The molecule has 10 heteroatoms. The molecule has 0 bridgehead atoms. The number of benzene rings is 4.